The monoisotopic (exact) mass is 338 g/mol. The van der Waals surface area contributed by atoms with Crippen molar-refractivity contribution in [1.29, 1.82) is 0 Å². The summed E-state index contributed by atoms with van der Waals surface area (Å²) < 4.78 is 0. The standard InChI is InChI=1S/C20H22N2OS/c1-11(2)15-8-6-7-9-16(15)22-19(23)18-14(5)17-12(3)10-13(4)21-20(17)24-18/h6-11H,1-5H3,(H,22,23). The van der Waals surface area contributed by atoms with E-state index >= 15 is 0 Å². The Morgan fingerprint density at radius 3 is 2.58 bits per heavy atom. The molecule has 3 aromatic rings. The van der Waals surface area contributed by atoms with E-state index in [0.29, 0.717) is 5.92 Å². The van der Waals surface area contributed by atoms with Gasteiger partial charge >= 0.3 is 0 Å². The molecule has 0 fully saturated rings. The van der Waals surface area contributed by atoms with Crippen LogP contribution in [0.3, 0.4) is 0 Å². The molecule has 0 aliphatic heterocycles. The highest BCUT2D eigenvalue weighted by Crippen LogP contribution is 2.33. The molecule has 2 aromatic heterocycles. The van der Waals surface area contributed by atoms with E-state index in [4.69, 9.17) is 0 Å². The fourth-order valence-corrected chi connectivity index (χ4v) is 4.33. The number of fused-ring (bicyclic) bond motifs is 1. The van der Waals surface area contributed by atoms with E-state index < -0.39 is 0 Å². The number of nitrogens with zero attached hydrogens (tertiary/aromatic N) is 1. The lowest BCUT2D eigenvalue weighted by Crippen LogP contribution is -2.13. The highest BCUT2D eigenvalue weighted by molar-refractivity contribution is 7.20. The van der Waals surface area contributed by atoms with Crippen LogP contribution in [0.2, 0.25) is 0 Å². The first-order chi connectivity index (χ1) is 11.4. The molecule has 0 saturated heterocycles. The van der Waals surface area contributed by atoms with Gasteiger partial charge in [-0.3, -0.25) is 4.79 Å². The van der Waals surface area contributed by atoms with Crippen LogP contribution in [0.1, 0.15) is 51.8 Å². The molecular weight excluding hydrogens is 316 g/mol. The second kappa shape index (κ2) is 6.36. The molecule has 0 aliphatic rings. The van der Waals surface area contributed by atoms with Gasteiger partial charge in [-0.25, -0.2) is 4.98 Å². The van der Waals surface area contributed by atoms with Crippen LogP contribution in [-0.2, 0) is 0 Å². The minimum Gasteiger partial charge on any atom is -0.321 e. The van der Waals surface area contributed by atoms with E-state index in [2.05, 4.69) is 43.2 Å². The third kappa shape index (κ3) is 2.94. The van der Waals surface area contributed by atoms with E-state index in [1.807, 2.05) is 32.0 Å². The Kier molecular flexibility index (Phi) is 4.41. The molecule has 0 radical (unpaired) electrons. The van der Waals surface area contributed by atoms with Gasteiger partial charge in [0.15, 0.2) is 0 Å². The molecule has 4 heteroatoms. The van der Waals surface area contributed by atoms with Gasteiger partial charge in [0.2, 0.25) is 0 Å². The predicted molar refractivity (Wildman–Crippen MR) is 102 cm³/mol. The molecule has 24 heavy (non-hydrogen) atoms. The summed E-state index contributed by atoms with van der Waals surface area (Å²) in [5.74, 6) is 0.303. The van der Waals surface area contributed by atoms with Gasteiger partial charge in [-0.15, -0.1) is 11.3 Å². The topological polar surface area (TPSA) is 42.0 Å². The van der Waals surface area contributed by atoms with Gasteiger partial charge in [-0.05, 0) is 55.5 Å². The van der Waals surface area contributed by atoms with Crippen molar-refractivity contribution >= 4 is 33.1 Å². The number of para-hydroxylation sites is 1. The number of aromatic nitrogens is 1. The molecule has 3 rings (SSSR count). The lowest BCUT2D eigenvalue weighted by atomic mass is 10.0. The summed E-state index contributed by atoms with van der Waals surface area (Å²) >= 11 is 1.47. The summed E-state index contributed by atoms with van der Waals surface area (Å²) in [4.78, 5) is 19.1. The molecule has 3 nitrogen and oxygen atoms in total. The first-order valence-corrected chi connectivity index (χ1v) is 8.97. The van der Waals surface area contributed by atoms with E-state index in [1.54, 1.807) is 0 Å². The van der Waals surface area contributed by atoms with Crippen LogP contribution < -0.4 is 5.32 Å². The zero-order chi connectivity index (χ0) is 17.4. The third-order valence-corrected chi connectivity index (χ3v) is 5.45. The van der Waals surface area contributed by atoms with E-state index in [1.165, 1.54) is 16.9 Å². The molecular formula is C20H22N2OS. The summed E-state index contributed by atoms with van der Waals surface area (Å²) in [6.45, 7) is 10.3. The molecule has 1 amide bonds. The Bertz CT molecular complexity index is 925. The van der Waals surface area contributed by atoms with Crippen molar-refractivity contribution in [1.82, 2.24) is 4.98 Å². The zero-order valence-electron chi connectivity index (χ0n) is 14.7. The van der Waals surface area contributed by atoms with Crippen molar-refractivity contribution in [3.05, 3.63) is 57.6 Å². The normalized spacial score (nSPS) is 11.2. The summed E-state index contributed by atoms with van der Waals surface area (Å²) in [5, 5.41) is 4.19. The quantitative estimate of drug-likeness (QED) is 0.675. The van der Waals surface area contributed by atoms with Crippen LogP contribution in [0, 0.1) is 20.8 Å². The number of anilines is 1. The Morgan fingerprint density at radius 2 is 1.88 bits per heavy atom. The van der Waals surface area contributed by atoms with Gasteiger partial charge in [0.25, 0.3) is 5.91 Å². The zero-order valence-corrected chi connectivity index (χ0v) is 15.5. The van der Waals surface area contributed by atoms with Crippen LogP contribution in [-0.4, -0.2) is 10.9 Å². The molecule has 0 saturated carbocycles. The van der Waals surface area contributed by atoms with Gasteiger partial charge in [0.1, 0.15) is 4.83 Å². The number of carbonyl (C=O) groups is 1. The van der Waals surface area contributed by atoms with Gasteiger partial charge in [-0.1, -0.05) is 32.0 Å². The SMILES string of the molecule is Cc1cc(C)c2c(C)c(C(=O)Nc3ccccc3C(C)C)sc2n1. The first-order valence-electron chi connectivity index (χ1n) is 8.16. The number of thiophene rings is 1. The minimum atomic E-state index is -0.0550. The molecule has 1 aromatic carbocycles. The summed E-state index contributed by atoms with van der Waals surface area (Å²) in [6, 6.07) is 10.1. The van der Waals surface area contributed by atoms with Crippen molar-refractivity contribution in [3.8, 4) is 0 Å². The smallest absolute Gasteiger partial charge is 0.266 e. The lowest BCUT2D eigenvalue weighted by molar-refractivity contribution is 0.103. The van der Waals surface area contributed by atoms with Gasteiger partial charge in [0.05, 0.1) is 4.88 Å². The number of amides is 1. The number of aryl methyl sites for hydroxylation is 3. The molecule has 124 valence electrons. The van der Waals surface area contributed by atoms with Crippen LogP contribution in [0.4, 0.5) is 5.69 Å². The fourth-order valence-electron chi connectivity index (χ4n) is 3.13. The number of hydrogen-bond acceptors (Lipinski definition) is 3. The highest BCUT2D eigenvalue weighted by Gasteiger charge is 2.19. The fraction of sp³-hybridized carbons (Fsp3) is 0.300. The Hall–Kier alpha value is -2.20. The van der Waals surface area contributed by atoms with Gasteiger partial charge in [0, 0.05) is 16.8 Å². The second-order valence-corrected chi connectivity index (χ2v) is 7.51. The largest absolute Gasteiger partial charge is 0.321 e. The van der Waals surface area contributed by atoms with Crippen LogP contribution in [0.15, 0.2) is 30.3 Å². The lowest BCUT2D eigenvalue weighted by Gasteiger charge is -2.13. The molecule has 2 heterocycles. The predicted octanol–water partition coefficient (Wildman–Crippen LogP) is 5.60. The maximum atomic E-state index is 12.8. The Labute approximate surface area is 146 Å². The number of nitrogens with one attached hydrogen (secondary N) is 1. The van der Waals surface area contributed by atoms with Crippen molar-refractivity contribution < 1.29 is 4.79 Å². The van der Waals surface area contributed by atoms with Crippen LogP contribution in [0.5, 0.6) is 0 Å². The molecule has 0 unspecified atom stereocenters. The van der Waals surface area contributed by atoms with Crippen molar-refractivity contribution in [2.75, 3.05) is 5.32 Å². The van der Waals surface area contributed by atoms with Gasteiger partial charge < -0.3 is 5.32 Å². The number of benzene rings is 1. The number of hydrogen-bond donors (Lipinski definition) is 1. The first kappa shape index (κ1) is 16.7. The Balaban J connectivity index is 2.01. The highest BCUT2D eigenvalue weighted by atomic mass is 32.1. The molecule has 0 aliphatic carbocycles. The molecule has 0 spiro atoms. The second-order valence-electron chi connectivity index (χ2n) is 6.51. The average Bonchev–Trinajstić information content (AvgIpc) is 2.84. The minimum absolute atomic E-state index is 0.0550. The van der Waals surface area contributed by atoms with Gasteiger partial charge in [-0.2, -0.15) is 0 Å². The number of carbonyl (C=O) groups excluding carboxylic acids is 1. The third-order valence-electron chi connectivity index (χ3n) is 4.26. The van der Waals surface area contributed by atoms with Crippen molar-refractivity contribution in [2.24, 2.45) is 0 Å². The van der Waals surface area contributed by atoms with E-state index in [-0.39, 0.29) is 5.91 Å². The maximum absolute atomic E-state index is 12.8. The van der Waals surface area contributed by atoms with E-state index in [0.717, 1.165) is 37.6 Å². The van der Waals surface area contributed by atoms with Crippen LogP contribution in [0.25, 0.3) is 10.2 Å². The number of rotatable bonds is 3. The maximum Gasteiger partial charge on any atom is 0.266 e. The summed E-state index contributed by atoms with van der Waals surface area (Å²) in [5.41, 5.74) is 5.20. The van der Waals surface area contributed by atoms with Crippen molar-refractivity contribution in [2.45, 2.75) is 40.5 Å². The number of pyridine rings is 1. The summed E-state index contributed by atoms with van der Waals surface area (Å²) in [7, 11) is 0. The molecule has 0 bridgehead atoms. The Morgan fingerprint density at radius 1 is 1.17 bits per heavy atom. The van der Waals surface area contributed by atoms with Crippen LogP contribution >= 0.6 is 11.3 Å². The molecule has 1 N–H and O–H groups in total. The average molecular weight is 338 g/mol. The summed E-state index contributed by atoms with van der Waals surface area (Å²) in [6.07, 6.45) is 0. The molecule has 0 atom stereocenters. The van der Waals surface area contributed by atoms with Crippen molar-refractivity contribution in [3.63, 3.8) is 0 Å². The van der Waals surface area contributed by atoms with E-state index in [9.17, 15) is 4.79 Å².